The van der Waals surface area contributed by atoms with Crippen molar-refractivity contribution in [2.75, 3.05) is 14.2 Å². The quantitative estimate of drug-likeness (QED) is 0.630. The molecule has 0 unspecified atom stereocenters. The Kier molecular flexibility index (Phi) is 3.01. The zero-order valence-corrected chi connectivity index (χ0v) is 12.3. The summed E-state index contributed by atoms with van der Waals surface area (Å²) in [5.74, 6) is 1.76. The lowest BCUT2D eigenvalue weighted by molar-refractivity contribution is 0.415. The predicted molar refractivity (Wildman–Crippen MR) is 84.0 cm³/mol. The first-order chi connectivity index (χ1) is 9.65. The van der Waals surface area contributed by atoms with Crippen LogP contribution in [0.3, 0.4) is 0 Å². The molecule has 2 heteroatoms. The molecule has 0 aliphatic rings. The summed E-state index contributed by atoms with van der Waals surface area (Å²) < 4.78 is 10.7. The molecule has 3 aromatic rings. The van der Waals surface area contributed by atoms with E-state index in [0.29, 0.717) is 0 Å². The van der Waals surface area contributed by atoms with Crippen LogP contribution in [0.5, 0.6) is 11.5 Å². The zero-order valence-electron chi connectivity index (χ0n) is 12.3. The standard InChI is InChI=1S/C18H18O2/c1-11-12(2)16-8-6-14(20-4)10-18(16)17-9-13(19-3)5-7-15(11)17/h5-10H,1-4H3. The summed E-state index contributed by atoms with van der Waals surface area (Å²) in [4.78, 5) is 0. The molecule has 0 saturated heterocycles. The van der Waals surface area contributed by atoms with Crippen LogP contribution in [0, 0.1) is 13.8 Å². The van der Waals surface area contributed by atoms with Gasteiger partial charge < -0.3 is 9.47 Å². The van der Waals surface area contributed by atoms with E-state index in [0.717, 1.165) is 11.5 Å². The zero-order chi connectivity index (χ0) is 14.3. The minimum absolute atomic E-state index is 0.880. The van der Waals surface area contributed by atoms with Gasteiger partial charge in [-0.1, -0.05) is 12.1 Å². The molecule has 102 valence electrons. The van der Waals surface area contributed by atoms with Crippen LogP contribution in [0.1, 0.15) is 11.1 Å². The lowest BCUT2D eigenvalue weighted by Crippen LogP contribution is -1.91. The number of hydrogen-bond donors (Lipinski definition) is 0. The summed E-state index contributed by atoms with van der Waals surface area (Å²) in [6, 6.07) is 12.5. The molecule has 0 saturated carbocycles. The van der Waals surface area contributed by atoms with E-state index < -0.39 is 0 Å². The molecule has 0 radical (unpaired) electrons. The molecule has 0 atom stereocenters. The van der Waals surface area contributed by atoms with E-state index in [4.69, 9.17) is 9.47 Å². The molecule has 0 bridgehead atoms. The van der Waals surface area contributed by atoms with Crippen molar-refractivity contribution in [3.8, 4) is 11.5 Å². The number of rotatable bonds is 2. The Morgan fingerprint density at radius 1 is 0.600 bits per heavy atom. The third-order valence-electron chi connectivity index (χ3n) is 4.11. The number of benzene rings is 3. The Labute approximate surface area is 118 Å². The lowest BCUT2D eigenvalue weighted by atomic mass is 9.93. The van der Waals surface area contributed by atoms with Crippen molar-refractivity contribution in [2.45, 2.75) is 13.8 Å². The van der Waals surface area contributed by atoms with Crippen molar-refractivity contribution in [2.24, 2.45) is 0 Å². The van der Waals surface area contributed by atoms with E-state index in [9.17, 15) is 0 Å². The lowest BCUT2D eigenvalue weighted by Gasteiger charge is -2.14. The van der Waals surface area contributed by atoms with Gasteiger partial charge in [-0.15, -0.1) is 0 Å². The maximum absolute atomic E-state index is 5.37. The van der Waals surface area contributed by atoms with Crippen molar-refractivity contribution in [1.29, 1.82) is 0 Å². The third kappa shape index (κ3) is 1.80. The van der Waals surface area contributed by atoms with Crippen LogP contribution >= 0.6 is 0 Å². The van der Waals surface area contributed by atoms with Gasteiger partial charge in [-0.2, -0.15) is 0 Å². The summed E-state index contributed by atoms with van der Waals surface area (Å²) in [5.41, 5.74) is 2.64. The van der Waals surface area contributed by atoms with Gasteiger partial charge in [0.05, 0.1) is 14.2 Å². The minimum Gasteiger partial charge on any atom is -0.497 e. The molecule has 0 aliphatic heterocycles. The molecule has 3 aromatic carbocycles. The van der Waals surface area contributed by atoms with Crippen molar-refractivity contribution >= 4 is 21.5 Å². The number of ether oxygens (including phenoxy) is 2. The molecule has 0 heterocycles. The van der Waals surface area contributed by atoms with Gasteiger partial charge in [0.25, 0.3) is 0 Å². The van der Waals surface area contributed by atoms with Crippen molar-refractivity contribution in [3.05, 3.63) is 47.5 Å². The van der Waals surface area contributed by atoms with Gasteiger partial charge in [0, 0.05) is 0 Å². The number of fused-ring (bicyclic) bond motifs is 3. The predicted octanol–water partition coefficient (Wildman–Crippen LogP) is 4.63. The fourth-order valence-corrected chi connectivity index (χ4v) is 2.80. The second-order valence-electron chi connectivity index (χ2n) is 5.07. The van der Waals surface area contributed by atoms with E-state index in [1.165, 1.54) is 32.7 Å². The average Bonchev–Trinajstić information content (AvgIpc) is 2.51. The number of aryl methyl sites for hydroxylation is 2. The first kappa shape index (κ1) is 12.8. The smallest absolute Gasteiger partial charge is 0.119 e. The second kappa shape index (κ2) is 4.71. The highest BCUT2D eigenvalue weighted by Crippen LogP contribution is 2.35. The van der Waals surface area contributed by atoms with Crippen LogP contribution in [-0.4, -0.2) is 14.2 Å². The van der Waals surface area contributed by atoms with Gasteiger partial charge in [0.1, 0.15) is 11.5 Å². The molecule has 0 amide bonds. The summed E-state index contributed by atoms with van der Waals surface area (Å²) >= 11 is 0. The normalized spacial score (nSPS) is 11.0. The molecular formula is C18H18O2. The Morgan fingerprint density at radius 3 is 1.35 bits per heavy atom. The molecule has 0 N–H and O–H groups in total. The van der Waals surface area contributed by atoms with Crippen molar-refractivity contribution < 1.29 is 9.47 Å². The van der Waals surface area contributed by atoms with Crippen LogP contribution in [-0.2, 0) is 0 Å². The highest BCUT2D eigenvalue weighted by atomic mass is 16.5. The molecule has 2 nitrogen and oxygen atoms in total. The fraction of sp³-hybridized carbons (Fsp3) is 0.222. The number of hydrogen-bond acceptors (Lipinski definition) is 2. The molecule has 0 spiro atoms. The van der Waals surface area contributed by atoms with E-state index in [2.05, 4.69) is 38.1 Å². The van der Waals surface area contributed by atoms with Crippen molar-refractivity contribution in [1.82, 2.24) is 0 Å². The van der Waals surface area contributed by atoms with Gasteiger partial charge in [-0.25, -0.2) is 0 Å². The first-order valence-electron chi connectivity index (χ1n) is 6.70. The Hall–Kier alpha value is -2.22. The SMILES string of the molecule is COc1ccc2c(C)c(C)c3ccc(OC)cc3c2c1. The Bertz CT molecular complexity index is 735. The van der Waals surface area contributed by atoms with Crippen LogP contribution in [0.4, 0.5) is 0 Å². The van der Waals surface area contributed by atoms with E-state index in [1.54, 1.807) is 14.2 Å². The summed E-state index contributed by atoms with van der Waals surface area (Å²) in [5, 5.41) is 4.95. The number of methoxy groups -OCH3 is 2. The van der Waals surface area contributed by atoms with Crippen molar-refractivity contribution in [3.63, 3.8) is 0 Å². The fourth-order valence-electron chi connectivity index (χ4n) is 2.80. The topological polar surface area (TPSA) is 18.5 Å². The molecule has 0 aliphatic carbocycles. The summed E-state index contributed by atoms with van der Waals surface area (Å²) in [7, 11) is 3.40. The molecule has 3 rings (SSSR count). The van der Waals surface area contributed by atoms with Crippen LogP contribution in [0.25, 0.3) is 21.5 Å². The Morgan fingerprint density at radius 2 is 1.00 bits per heavy atom. The maximum Gasteiger partial charge on any atom is 0.119 e. The van der Waals surface area contributed by atoms with E-state index in [1.807, 2.05) is 12.1 Å². The summed E-state index contributed by atoms with van der Waals surface area (Å²) in [6.45, 7) is 4.35. The monoisotopic (exact) mass is 266 g/mol. The van der Waals surface area contributed by atoms with Gasteiger partial charge in [0.15, 0.2) is 0 Å². The van der Waals surface area contributed by atoms with Crippen LogP contribution in [0.15, 0.2) is 36.4 Å². The Balaban J connectivity index is 2.52. The van der Waals surface area contributed by atoms with Gasteiger partial charge in [-0.3, -0.25) is 0 Å². The molecular weight excluding hydrogens is 248 g/mol. The maximum atomic E-state index is 5.37. The largest absolute Gasteiger partial charge is 0.497 e. The summed E-state index contributed by atoms with van der Waals surface area (Å²) in [6.07, 6.45) is 0. The van der Waals surface area contributed by atoms with Gasteiger partial charge in [-0.05, 0) is 70.8 Å². The molecule has 0 aromatic heterocycles. The molecule has 0 fully saturated rings. The van der Waals surface area contributed by atoms with Crippen LogP contribution < -0.4 is 9.47 Å². The van der Waals surface area contributed by atoms with E-state index >= 15 is 0 Å². The van der Waals surface area contributed by atoms with Gasteiger partial charge in [0.2, 0.25) is 0 Å². The van der Waals surface area contributed by atoms with Crippen LogP contribution in [0.2, 0.25) is 0 Å². The third-order valence-corrected chi connectivity index (χ3v) is 4.11. The highest BCUT2D eigenvalue weighted by Gasteiger charge is 2.10. The van der Waals surface area contributed by atoms with E-state index in [-0.39, 0.29) is 0 Å². The van der Waals surface area contributed by atoms with Gasteiger partial charge >= 0.3 is 0 Å². The first-order valence-corrected chi connectivity index (χ1v) is 6.70. The molecule has 20 heavy (non-hydrogen) atoms. The second-order valence-corrected chi connectivity index (χ2v) is 5.07. The highest BCUT2D eigenvalue weighted by molar-refractivity contribution is 6.11. The minimum atomic E-state index is 0.880. The average molecular weight is 266 g/mol.